The number of aromatic nitrogens is 5. The molecule has 2 heterocycles. The van der Waals surface area contributed by atoms with Gasteiger partial charge in [0.1, 0.15) is 5.82 Å². The summed E-state index contributed by atoms with van der Waals surface area (Å²) >= 11 is 0. The van der Waals surface area contributed by atoms with Gasteiger partial charge in [0.2, 0.25) is 0 Å². The molecule has 0 fully saturated rings. The normalized spacial score (nSPS) is 10.7. The predicted molar refractivity (Wildman–Crippen MR) is 104 cm³/mol. The Hall–Kier alpha value is -4.34. The first-order chi connectivity index (χ1) is 14.0. The molecule has 0 radical (unpaired) electrons. The highest BCUT2D eigenvalue weighted by atomic mass is 16.6. The number of carbonyl (C=O) groups is 1. The lowest BCUT2D eigenvalue weighted by Crippen LogP contribution is -2.16. The molecule has 0 atom stereocenters. The number of benzene rings is 2. The summed E-state index contributed by atoms with van der Waals surface area (Å²) in [6.07, 6.45) is 1.38. The Kier molecular flexibility index (Phi) is 4.57. The van der Waals surface area contributed by atoms with Gasteiger partial charge in [-0.15, -0.1) is 5.10 Å². The van der Waals surface area contributed by atoms with Gasteiger partial charge in [-0.05, 0) is 31.2 Å². The number of nitro groups is 1. The van der Waals surface area contributed by atoms with Crippen molar-refractivity contribution in [1.82, 2.24) is 24.8 Å². The van der Waals surface area contributed by atoms with Crippen molar-refractivity contribution in [2.45, 2.75) is 6.92 Å². The minimum Gasteiger partial charge on any atom is -0.305 e. The van der Waals surface area contributed by atoms with Crippen molar-refractivity contribution >= 4 is 17.4 Å². The maximum absolute atomic E-state index is 12.6. The second-order valence-electron chi connectivity index (χ2n) is 6.17. The largest absolute Gasteiger partial charge is 0.305 e. The minimum absolute atomic E-state index is 0.0271. The number of non-ortho nitro benzene ring substituents is 1. The average molecular weight is 389 g/mol. The quantitative estimate of drug-likeness (QED) is 0.414. The van der Waals surface area contributed by atoms with Gasteiger partial charge in [0, 0.05) is 18.2 Å². The van der Waals surface area contributed by atoms with Crippen LogP contribution in [0.15, 0.2) is 66.9 Å². The van der Waals surface area contributed by atoms with E-state index in [1.165, 1.54) is 27.8 Å². The number of rotatable bonds is 5. The summed E-state index contributed by atoms with van der Waals surface area (Å²) in [6.45, 7) is 1.78. The topological polar surface area (TPSA) is 121 Å². The van der Waals surface area contributed by atoms with E-state index in [9.17, 15) is 14.9 Å². The number of hydrogen-bond donors (Lipinski definition) is 1. The average Bonchev–Trinajstić information content (AvgIpc) is 3.36. The highest BCUT2D eigenvalue weighted by Gasteiger charge is 2.16. The highest BCUT2D eigenvalue weighted by molar-refractivity contribution is 6.02. The van der Waals surface area contributed by atoms with Gasteiger partial charge in [0.25, 0.3) is 11.6 Å². The molecule has 10 heteroatoms. The number of para-hydroxylation sites is 1. The van der Waals surface area contributed by atoms with Gasteiger partial charge in [-0.3, -0.25) is 14.9 Å². The number of nitrogens with one attached hydrogen (secondary N) is 1. The van der Waals surface area contributed by atoms with E-state index >= 15 is 0 Å². The minimum atomic E-state index is -0.475. The molecule has 4 rings (SSSR count). The first-order valence-electron chi connectivity index (χ1n) is 8.62. The first kappa shape index (κ1) is 18.0. The molecule has 2 aromatic carbocycles. The molecular weight excluding hydrogens is 374 g/mol. The Morgan fingerprint density at radius 3 is 2.45 bits per heavy atom. The zero-order chi connectivity index (χ0) is 20.4. The molecule has 1 N–H and O–H groups in total. The summed E-state index contributed by atoms with van der Waals surface area (Å²) < 4.78 is 1.50. The van der Waals surface area contributed by atoms with Crippen LogP contribution >= 0.6 is 0 Å². The number of amides is 1. The van der Waals surface area contributed by atoms with Crippen LogP contribution in [0.25, 0.3) is 11.4 Å². The summed E-state index contributed by atoms with van der Waals surface area (Å²) in [6, 6.07) is 16.8. The maximum Gasteiger partial charge on any atom is 0.279 e. The van der Waals surface area contributed by atoms with E-state index in [4.69, 9.17) is 0 Å². The van der Waals surface area contributed by atoms with E-state index in [-0.39, 0.29) is 11.4 Å². The van der Waals surface area contributed by atoms with Crippen molar-refractivity contribution in [1.29, 1.82) is 0 Å². The fourth-order valence-electron chi connectivity index (χ4n) is 2.73. The molecule has 0 aliphatic rings. The molecule has 0 bridgehead atoms. The molecule has 0 unspecified atom stereocenters. The van der Waals surface area contributed by atoms with E-state index < -0.39 is 10.8 Å². The third-order valence-corrected chi connectivity index (χ3v) is 4.09. The van der Waals surface area contributed by atoms with Crippen molar-refractivity contribution in [2.75, 3.05) is 5.32 Å². The molecule has 0 spiro atoms. The van der Waals surface area contributed by atoms with Crippen molar-refractivity contribution < 1.29 is 9.72 Å². The van der Waals surface area contributed by atoms with E-state index in [0.717, 1.165) is 5.69 Å². The van der Waals surface area contributed by atoms with Crippen LogP contribution in [0.2, 0.25) is 0 Å². The van der Waals surface area contributed by atoms with Crippen LogP contribution in [-0.4, -0.2) is 35.6 Å². The number of carbonyl (C=O) groups excluding carboxylic acids is 1. The van der Waals surface area contributed by atoms with Crippen LogP contribution in [0.3, 0.4) is 0 Å². The lowest BCUT2D eigenvalue weighted by molar-refractivity contribution is -0.384. The van der Waals surface area contributed by atoms with Crippen LogP contribution in [0.4, 0.5) is 11.5 Å². The van der Waals surface area contributed by atoms with Crippen molar-refractivity contribution in [3.05, 3.63) is 88.4 Å². The van der Waals surface area contributed by atoms with E-state index in [2.05, 4.69) is 20.6 Å². The number of nitro benzene ring substituents is 1. The van der Waals surface area contributed by atoms with Gasteiger partial charge in [-0.25, -0.2) is 4.68 Å². The molecule has 144 valence electrons. The molecule has 0 saturated heterocycles. The Balaban J connectivity index is 1.58. The lowest BCUT2D eigenvalue weighted by Gasteiger charge is -2.07. The van der Waals surface area contributed by atoms with Gasteiger partial charge in [0.05, 0.1) is 28.2 Å². The number of aryl methyl sites for hydroxylation is 1. The van der Waals surface area contributed by atoms with Gasteiger partial charge < -0.3 is 5.32 Å². The zero-order valence-electron chi connectivity index (χ0n) is 15.3. The van der Waals surface area contributed by atoms with Crippen LogP contribution in [0.5, 0.6) is 0 Å². The van der Waals surface area contributed by atoms with E-state index in [0.29, 0.717) is 17.2 Å². The van der Waals surface area contributed by atoms with Gasteiger partial charge in [-0.1, -0.05) is 18.2 Å². The van der Waals surface area contributed by atoms with Crippen LogP contribution in [0.1, 0.15) is 16.2 Å². The van der Waals surface area contributed by atoms with Crippen LogP contribution in [0, 0.1) is 17.0 Å². The summed E-state index contributed by atoms with van der Waals surface area (Å²) in [5, 5.41) is 26.3. The summed E-state index contributed by atoms with van der Waals surface area (Å²) in [5.74, 6) is -0.0362. The molecular formula is C19H15N7O3. The molecule has 4 aromatic rings. The monoisotopic (exact) mass is 389 g/mol. The van der Waals surface area contributed by atoms with Gasteiger partial charge >= 0.3 is 0 Å². The summed E-state index contributed by atoms with van der Waals surface area (Å²) in [7, 11) is 0. The molecule has 2 aromatic heterocycles. The van der Waals surface area contributed by atoms with Crippen LogP contribution < -0.4 is 5.32 Å². The smallest absolute Gasteiger partial charge is 0.279 e. The standard InChI is InChI=1S/C19H15N7O3/c1-13-11-18(24(22-13)14-7-9-16(10-8-14)26(28)29)21-19(27)17-12-20-25(23-17)15-5-3-2-4-6-15/h2-12H,1H3,(H,21,27). The molecule has 10 nitrogen and oxygen atoms in total. The molecule has 29 heavy (non-hydrogen) atoms. The summed E-state index contributed by atoms with van der Waals surface area (Å²) in [5.41, 5.74) is 2.10. The Labute approximate surface area is 164 Å². The second-order valence-corrected chi connectivity index (χ2v) is 6.17. The maximum atomic E-state index is 12.6. The van der Waals surface area contributed by atoms with Crippen molar-refractivity contribution in [3.63, 3.8) is 0 Å². The molecule has 0 aliphatic heterocycles. The summed E-state index contributed by atoms with van der Waals surface area (Å²) in [4.78, 5) is 24.4. The number of anilines is 1. The van der Waals surface area contributed by atoms with Gasteiger partial charge in [-0.2, -0.15) is 15.0 Å². The second kappa shape index (κ2) is 7.35. The first-order valence-corrected chi connectivity index (χ1v) is 8.62. The van der Waals surface area contributed by atoms with E-state index in [1.807, 2.05) is 30.3 Å². The van der Waals surface area contributed by atoms with Crippen molar-refractivity contribution in [3.8, 4) is 11.4 Å². The number of nitrogens with zero attached hydrogens (tertiary/aromatic N) is 6. The van der Waals surface area contributed by atoms with Crippen molar-refractivity contribution in [2.24, 2.45) is 0 Å². The zero-order valence-corrected chi connectivity index (χ0v) is 15.3. The fourth-order valence-corrected chi connectivity index (χ4v) is 2.73. The Morgan fingerprint density at radius 1 is 1.03 bits per heavy atom. The highest BCUT2D eigenvalue weighted by Crippen LogP contribution is 2.20. The Morgan fingerprint density at radius 2 is 1.76 bits per heavy atom. The van der Waals surface area contributed by atoms with Gasteiger partial charge in [0.15, 0.2) is 5.69 Å². The molecule has 1 amide bonds. The van der Waals surface area contributed by atoms with E-state index in [1.54, 1.807) is 25.1 Å². The molecule has 0 saturated carbocycles. The molecule has 0 aliphatic carbocycles. The number of hydrogen-bond acceptors (Lipinski definition) is 6. The lowest BCUT2D eigenvalue weighted by atomic mass is 10.3. The SMILES string of the molecule is Cc1cc(NC(=O)c2cnn(-c3ccccc3)n2)n(-c2ccc([N+](=O)[O-])cc2)n1. The fraction of sp³-hybridized carbons (Fsp3) is 0.0526. The predicted octanol–water partition coefficient (Wildman–Crippen LogP) is 2.92. The third kappa shape index (κ3) is 3.72. The third-order valence-electron chi connectivity index (χ3n) is 4.09. The van der Waals surface area contributed by atoms with Crippen LogP contribution in [-0.2, 0) is 0 Å². The Bertz CT molecular complexity index is 1180.